The van der Waals surface area contributed by atoms with Crippen LogP contribution < -0.4 is 16.8 Å². The predicted octanol–water partition coefficient (Wildman–Crippen LogP) is 1.81. The molecule has 1 aliphatic carbocycles. The molecule has 0 amide bonds. The monoisotopic (exact) mass is 359 g/mol. The highest BCUT2D eigenvalue weighted by Crippen LogP contribution is 2.35. The molecule has 23 heavy (non-hydrogen) atoms. The van der Waals surface area contributed by atoms with E-state index in [9.17, 15) is 0 Å². The van der Waals surface area contributed by atoms with Crippen LogP contribution in [0.2, 0.25) is 0 Å². The van der Waals surface area contributed by atoms with Crippen molar-refractivity contribution in [1.29, 1.82) is 0 Å². The first-order valence-corrected chi connectivity index (χ1v) is 7.30. The van der Waals surface area contributed by atoms with E-state index >= 15 is 0 Å². The molecule has 7 nitrogen and oxygen atoms in total. The molecule has 0 unspecified atom stereocenters. The molecule has 2 aromatic heterocycles. The van der Waals surface area contributed by atoms with Crippen LogP contribution in [0.4, 0.5) is 11.8 Å². The zero-order chi connectivity index (χ0) is 14.7. The summed E-state index contributed by atoms with van der Waals surface area (Å²) in [5.41, 5.74) is 12.6. The van der Waals surface area contributed by atoms with Gasteiger partial charge in [0, 0.05) is 43.5 Å². The molecule has 0 radical (unpaired) electrons. The van der Waals surface area contributed by atoms with Gasteiger partial charge in [0.05, 0.1) is 12.0 Å². The summed E-state index contributed by atoms with van der Waals surface area (Å²) in [5.74, 6) is 1.55. The van der Waals surface area contributed by atoms with E-state index in [-0.39, 0.29) is 24.8 Å². The van der Waals surface area contributed by atoms with Crippen LogP contribution in [0.3, 0.4) is 0 Å². The summed E-state index contributed by atoms with van der Waals surface area (Å²) >= 11 is 0. The Kier molecular flexibility index (Phi) is 7.54. The number of hydrogen-bond donors (Lipinski definition) is 3. The fourth-order valence-corrected chi connectivity index (χ4v) is 2.59. The molecule has 0 bridgehead atoms. The minimum Gasteiger partial charge on any atom is -0.370 e. The van der Waals surface area contributed by atoms with Gasteiger partial charge in [0.15, 0.2) is 0 Å². The van der Waals surface area contributed by atoms with Crippen molar-refractivity contribution in [3.8, 4) is 0 Å². The van der Waals surface area contributed by atoms with Crippen molar-refractivity contribution in [1.82, 2.24) is 19.5 Å². The number of rotatable bonds is 6. The number of nitrogens with zero attached hydrogens (tertiary/aromatic N) is 4. The largest absolute Gasteiger partial charge is 0.370 e. The highest BCUT2D eigenvalue weighted by Gasteiger charge is 2.28. The standard InChI is InChI=1S/C14H21N7.2ClH/c15-11-6-10(7-11)12-8-13(20-14(16)19-12)18-2-1-4-21-5-3-17-9-21;;/h3,5,8-11H,1-2,4,6-7,15H2,(H3,16,18,19,20);2*1H. The minimum atomic E-state index is 0. The maximum absolute atomic E-state index is 5.83. The molecular weight excluding hydrogens is 337 g/mol. The van der Waals surface area contributed by atoms with Gasteiger partial charge in [-0.2, -0.15) is 4.98 Å². The first-order chi connectivity index (χ1) is 10.2. The Morgan fingerprint density at radius 2 is 2.04 bits per heavy atom. The summed E-state index contributed by atoms with van der Waals surface area (Å²) in [6.07, 6.45) is 8.52. The van der Waals surface area contributed by atoms with Gasteiger partial charge in [-0.3, -0.25) is 0 Å². The van der Waals surface area contributed by atoms with Crippen LogP contribution in [0.5, 0.6) is 0 Å². The van der Waals surface area contributed by atoms with E-state index in [0.29, 0.717) is 17.9 Å². The van der Waals surface area contributed by atoms with Crippen molar-refractivity contribution in [2.24, 2.45) is 5.73 Å². The highest BCUT2D eigenvalue weighted by molar-refractivity contribution is 5.85. The smallest absolute Gasteiger partial charge is 0.222 e. The maximum atomic E-state index is 5.83. The van der Waals surface area contributed by atoms with Gasteiger partial charge in [-0.25, -0.2) is 9.97 Å². The third-order valence-corrected chi connectivity index (χ3v) is 3.81. The molecular formula is C14H23Cl2N7. The Balaban J connectivity index is 0.00000132. The third kappa shape index (κ3) is 5.23. The molecule has 0 aromatic carbocycles. The van der Waals surface area contributed by atoms with Crippen molar-refractivity contribution in [2.45, 2.75) is 37.8 Å². The summed E-state index contributed by atoms with van der Waals surface area (Å²) in [5, 5.41) is 3.31. The van der Waals surface area contributed by atoms with Gasteiger partial charge in [-0.15, -0.1) is 24.8 Å². The average molecular weight is 360 g/mol. The maximum Gasteiger partial charge on any atom is 0.222 e. The molecule has 2 heterocycles. The van der Waals surface area contributed by atoms with E-state index in [0.717, 1.165) is 43.9 Å². The van der Waals surface area contributed by atoms with Gasteiger partial charge in [-0.1, -0.05) is 0 Å². The van der Waals surface area contributed by atoms with Crippen molar-refractivity contribution < 1.29 is 0 Å². The second-order valence-corrected chi connectivity index (χ2v) is 5.55. The fourth-order valence-electron chi connectivity index (χ4n) is 2.59. The number of anilines is 2. The Hall–Kier alpha value is -1.57. The molecule has 2 aromatic rings. The van der Waals surface area contributed by atoms with Crippen LogP contribution >= 0.6 is 24.8 Å². The van der Waals surface area contributed by atoms with Crippen LogP contribution in [0, 0.1) is 0 Å². The van der Waals surface area contributed by atoms with Gasteiger partial charge in [0.1, 0.15) is 5.82 Å². The van der Waals surface area contributed by atoms with Gasteiger partial charge in [0.2, 0.25) is 5.95 Å². The van der Waals surface area contributed by atoms with E-state index in [1.54, 1.807) is 6.20 Å². The van der Waals surface area contributed by atoms with E-state index in [4.69, 9.17) is 11.5 Å². The Bertz CT molecular complexity index is 585. The molecule has 0 aliphatic heterocycles. The Labute approximate surface area is 148 Å². The highest BCUT2D eigenvalue weighted by atomic mass is 35.5. The molecule has 0 saturated heterocycles. The van der Waals surface area contributed by atoms with Crippen molar-refractivity contribution >= 4 is 36.6 Å². The first-order valence-electron chi connectivity index (χ1n) is 7.30. The first kappa shape index (κ1) is 19.5. The third-order valence-electron chi connectivity index (χ3n) is 3.81. The van der Waals surface area contributed by atoms with Crippen LogP contribution in [-0.2, 0) is 6.54 Å². The van der Waals surface area contributed by atoms with Gasteiger partial charge >= 0.3 is 0 Å². The normalized spacial score (nSPS) is 19.2. The van der Waals surface area contributed by atoms with Crippen LogP contribution in [0.15, 0.2) is 24.8 Å². The summed E-state index contributed by atoms with van der Waals surface area (Å²) in [4.78, 5) is 12.6. The second-order valence-electron chi connectivity index (χ2n) is 5.55. The van der Waals surface area contributed by atoms with E-state index in [2.05, 4.69) is 24.8 Å². The SMILES string of the molecule is Cl.Cl.Nc1nc(NCCCn2ccnc2)cc(C2CC(N)C2)n1. The van der Waals surface area contributed by atoms with Gasteiger partial charge < -0.3 is 21.4 Å². The van der Waals surface area contributed by atoms with E-state index < -0.39 is 0 Å². The van der Waals surface area contributed by atoms with Crippen LogP contribution in [0.1, 0.15) is 30.9 Å². The van der Waals surface area contributed by atoms with Gasteiger partial charge in [0.25, 0.3) is 0 Å². The fraction of sp³-hybridized carbons (Fsp3) is 0.500. The lowest BCUT2D eigenvalue weighted by Crippen LogP contribution is -2.35. The lowest BCUT2D eigenvalue weighted by molar-refractivity contribution is 0.345. The number of hydrogen-bond acceptors (Lipinski definition) is 6. The molecule has 9 heteroatoms. The zero-order valence-corrected chi connectivity index (χ0v) is 14.4. The summed E-state index contributed by atoms with van der Waals surface area (Å²) in [6, 6.07) is 2.29. The molecule has 0 spiro atoms. The Morgan fingerprint density at radius 3 is 2.70 bits per heavy atom. The van der Waals surface area contributed by atoms with Crippen molar-refractivity contribution in [3.05, 3.63) is 30.5 Å². The zero-order valence-electron chi connectivity index (χ0n) is 12.8. The molecule has 0 atom stereocenters. The molecule has 3 rings (SSSR count). The number of halogens is 2. The summed E-state index contributed by atoms with van der Waals surface area (Å²) < 4.78 is 2.05. The lowest BCUT2D eigenvalue weighted by atomic mass is 9.78. The topological polar surface area (TPSA) is 108 Å². The number of nitrogens with two attached hydrogens (primary N) is 2. The Morgan fingerprint density at radius 1 is 1.26 bits per heavy atom. The number of aromatic nitrogens is 4. The number of aryl methyl sites for hydroxylation is 1. The number of nitrogens with one attached hydrogen (secondary N) is 1. The molecule has 1 fully saturated rings. The van der Waals surface area contributed by atoms with E-state index in [1.165, 1.54) is 0 Å². The minimum absolute atomic E-state index is 0. The van der Waals surface area contributed by atoms with E-state index in [1.807, 2.05) is 18.6 Å². The average Bonchev–Trinajstić information content (AvgIpc) is 2.93. The number of nitrogen functional groups attached to an aromatic ring is 1. The second kappa shape index (κ2) is 8.90. The summed E-state index contributed by atoms with van der Waals surface area (Å²) in [7, 11) is 0. The molecule has 128 valence electrons. The van der Waals surface area contributed by atoms with Crippen LogP contribution in [-0.4, -0.2) is 32.1 Å². The van der Waals surface area contributed by atoms with Crippen LogP contribution in [0.25, 0.3) is 0 Å². The lowest BCUT2D eigenvalue weighted by Gasteiger charge is -2.32. The molecule has 1 saturated carbocycles. The quantitative estimate of drug-likeness (QED) is 0.678. The summed E-state index contributed by atoms with van der Waals surface area (Å²) in [6.45, 7) is 1.76. The number of imidazole rings is 1. The molecule has 5 N–H and O–H groups in total. The van der Waals surface area contributed by atoms with Gasteiger partial charge in [-0.05, 0) is 19.3 Å². The van der Waals surface area contributed by atoms with Crippen molar-refractivity contribution in [3.63, 3.8) is 0 Å². The predicted molar refractivity (Wildman–Crippen MR) is 96.2 cm³/mol. The molecule has 1 aliphatic rings. The van der Waals surface area contributed by atoms with Crippen molar-refractivity contribution in [2.75, 3.05) is 17.6 Å².